The average molecular weight is 293 g/mol. The summed E-state index contributed by atoms with van der Waals surface area (Å²) in [5.74, 6) is -0.140. The molecule has 6 heteroatoms. The number of rotatable bonds is 6. The van der Waals surface area contributed by atoms with Gasteiger partial charge in [0, 0.05) is 24.9 Å². The van der Waals surface area contributed by atoms with Crippen LogP contribution in [-0.2, 0) is 4.74 Å². The van der Waals surface area contributed by atoms with Crippen molar-refractivity contribution >= 4 is 33.0 Å². The van der Waals surface area contributed by atoms with Gasteiger partial charge in [0.15, 0.2) is 0 Å². The summed E-state index contributed by atoms with van der Waals surface area (Å²) in [6.45, 7) is 2.58. The Bertz CT molecular complexity index is 591. The van der Waals surface area contributed by atoms with Crippen LogP contribution in [0.1, 0.15) is 29.4 Å². The summed E-state index contributed by atoms with van der Waals surface area (Å²) in [4.78, 5) is 16.9. The molecule has 0 aliphatic rings. The SMILES string of the molecule is CCCC(COC)NC(=O)c1sc2cnccc2c1N. The zero-order valence-electron chi connectivity index (χ0n) is 11.7. The molecule has 0 radical (unpaired) electrons. The first-order valence-corrected chi connectivity index (χ1v) is 7.40. The van der Waals surface area contributed by atoms with Crippen molar-refractivity contribution in [3.63, 3.8) is 0 Å². The predicted molar refractivity (Wildman–Crippen MR) is 82.1 cm³/mol. The van der Waals surface area contributed by atoms with Gasteiger partial charge in [0.25, 0.3) is 5.91 Å². The van der Waals surface area contributed by atoms with Crippen LogP contribution in [-0.4, -0.2) is 30.6 Å². The molecule has 0 saturated carbocycles. The summed E-state index contributed by atoms with van der Waals surface area (Å²) >= 11 is 1.37. The second-order valence-corrected chi connectivity index (χ2v) is 5.68. The van der Waals surface area contributed by atoms with Crippen LogP contribution in [0.25, 0.3) is 10.1 Å². The third-order valence-corrected chi connectivity index (χ3v) is 4.23. The van der Waals surface area contributed by atoms with Crippen LogP contribution in [0.2, 0.25) is 0 Å². The van der Waals surface area contributed by atoms with E-state index in [0.717, 1.165) is 22.9 Å². The van der Waals surface area contributed by atoms with Crippen LogP contribution in [0.3, 0.4) is 0 Å². The van der Waals surface area contributed by atoms with E-state index in [-0.39, 0.29) is 11.9 Å². The standard InChI is InChI=1S/C14H19N3O2S/c1-3-4-9(8-19-2)17-14(18)13-12(15)10-5-6-16-7-11(10)20-13/h5-7,9H,3-4,8,15H2,1-2H3,(H,17,18). The fourth-order valence-corrected chi connectivity index (χ4v) is 3.13. The highest BCUT2D eigenvalue weighted by molar-refractivity contribution is 7.21. The average Bonchev–Trinajstić information content (AvgIpc) is 2.77. The maximum absolute atomic E-state index is 12.3. The van der Waals surface area contributed by atoms with Crippen molar-refractivity contribution in [3.8, 4) is 0 Å². The summed E-state index contributed by atoms with van der Waals surface area (Å²) < 4.78 is 6.05. The number of nitrogens with two attached hydrogens (primary N) is 1. The molecular weight excluding hydrogens is 274 g/mol. The van der Waals surface area contributed by atoms with Gasteiger partial charge in [-0.15, -0.1) is 11.3 Å². The van der Waals surface area contributed by atoms with E-state index in [4.69, 9.17) is 10.5 Å². The van der Waals surface area contributed by atoms with Gasteiger partial charge in [0.2, 0.25) is 0 Å². The molecule has 0 saturated heterocycles. The van der Waals surface area contributed by atoms with Gasteiger partial charge in [-0.1, -0.05) is 13.3 Å². The number of hydrogen-bond acceptors (Lipinski definition) is 5. The Morgan fingerprint density at radius 1 is 1.60 bits per heavy atom. The lowest BCUT2D eigenvalue weighted by molar-refractivity contribution is 0.0896. The fourth-order valence-electron chi connectivity index (χ4n) is 2.14. The van der Waals surface area contributed by atoms with Crippen LogP contribution >= 0.6 is 11.3 Å². The molecule has 1 atom stereocenters. The lowest BCUT2D eigenvalue weighted by atomic mass is 10.1. The molecule has 2 rings (SSSR count). The molecule has 1 unspecified atom stereocenters. The molecular formula is C14H19N3O2S. The second-order valence-electron chi connectivity index (χ2n) is 4.63. The molecule has 1 amide bonds. The third kappa shape index (κ3) is 3.08. The minimum absolute atomic E-state index is 0.0141. The normalized spacial score (nSPS) is 12.5. The Labute approximate surface area is 122 Å². The van der Waals surface area contributed by atoms with E-state index in [1.165, 1.54) is 11.3 Å². The van der Waals surface area contributed by atoms with E-state index in [2.05, 4.69) is 17.2 Å². The first-order chi connectivity index (χ1) is 9.67. The molecule has 0 aromatic carbocycles. The highest BCUT2D eigenvalue weighted by Crippen LogP contribution is 2.32. The Kier molecular flexibility index (Phi) is 4.92. The minimum atomic E-state index is -0.140. The van der Waals surface area contributed by atoms with Crippen LogP contribution in [0.4, 0.5) is 5.69 Å². The summed E-state index contributed by atoms with van der Waals surface area (Å²) in [6, 6.07) is 1.84. The van der Waals surface area contributed by atoms with Crippen molar-refractivity contribution in [2.24, 2.45) is 0 Å². The number of hydrogen-bond donors (Lipinski definition) is 2. The Morgan fingerprint density at radius 3 is 3.05 bits per heavy atom. The number of amides is 1. The number of methoxy groups -OCH3 is 1. The van der Waals surface area contributed by atoms with E-state index in [1.54, 1.807) is 19.5 Å². The molecule has 2 heterocycles. The number of aromatic nitrogens is 1. The number of nitrogens with zero attached hydrogens (tertiary/aromatic N) is 1. The van der Waals surface area contributed by atoms with Gasteiger partial charge in [0.05, 0.1) is 23.0 Å². The number of nitrogens with one attached hydrogen (secondary N) is 1. The molecule has 0 spiro atoms. The van der Waals surface area contributed by atoms with Gasteiger partial charge >= 0.3 is 0 Å². The van der Waals surface area contributed by atoms with Crippen molar-refractivity contribution in [1.29, 1.82) is 0 Å². The molecule has 3 N–H and O–H groups in total. The van der Waals surface area contributed by atoms with Gasteiger partial charge in [-0.2, -0.15) is 0 Å². The lowest BCUT2D eigenvalue weighted by Crippen LogP contribution is -2.37. The zero-order chi connectivity index (χ0) is 14.5. The van der Waals surface area contributed by atoms with Crippen molar-refractivity contribution in [2.75, 3.05) is 19.5 Å². The lowest BCUT2D eigenvalue weighted by Gasteiger charge is -2.16. The number of pyridine rings is 1. The Balaban J connectivity index is 2.20. The molecule has 2 aromatic heterocycles. The predicted octanol–water partition coefficient (Wildman–Crippen LogP) is 2.42. The number of thiophene rings is 1. The van der Waals surface area contributed by atoms with E-state index in [1.807, 2.05) is 6.07 Å². The van der Waals surface area contributed by atoms with Crippen LogP contribution in [0.15, 0.2) is 18.5 Å². The molecule has 0 fully saturated rings. The number of fused-ring (bicyclic) bond motifs is 1. The van der Waals surface area contributed by atoms with Gasteiger partial charge in [-0.05, 0) is 12.5 Å². The van der Waals surface area contributed by atoms with Crippen molar-refractivity contribution < 1.29 is 9.53 Å². The fraction of sp³-hybridized carbons (Fsp3) is 0.429. The van der Waals surface area contributed by atoms with E-state index in [9.17, 15) is 4.79 Å². The second kappa shape index (κ2) is 6.67. The summed E-state index contributed by atoms with van der Waals surface area (Å²) in [5.41, 5.74) is 6.58. The largest absolute Gasteiger partial charge is 0.397 e. The minimum Gasteiger partial charge on any atom is -0.397 e. The quantitative estimate of drug-likeness (QED) is 0.857. The molecule has 0 bridgehead atoms. The number of anilines is 1. The van der Waals surface area contributed by atoms with Crippen molar-refractivity contribution in [3.05, 3.63) is 23.3 Å². The first-order valence-electron chi connectivity index (χ1n) is 6.59. The number of ether oxygens (including phenoxy) is 1. The van der Waals surface area contributed by atoms with Crippen LogP contribution in [0, 0.1) is 0 Å². The van der Waals surface area contributed by atoms with Gasteiger partial charge in [0.1, 0.15) is 4.88 Å². The van der Waals surface area contributed by atoms with E-state index in [0.29, 0.717) is 17.2 Å². The molecule has 108 valence electrons. The van der Waals surface area contributed by atoms with E-state index >= 15 is 0 Å². The maximum Gasteiger partial charge on any atom is 0.263 e. The van der Waals surface area contributed by atoms with E-state index < -0.39 is 0 Å². The summed E-state index contributed by atoms with van der Waals surface area (Å²) in [7, 11) is 1.63. The number of nitrogen functional groups attached to an aromatic ring is 1. The monoisotopic (exact) mass is 293 g/mol. The van der Waals surface area contributed by atoms with Crippen molar-refractivity contribution in [1.82, 2.24) is 10.3 Å². The Morgan fingerprint density at radius 2 is 2.40 bits per heavy atom. The topological polar surface area (TPSA) is 77.2 Å². The molecule has 20 heavy (non-hydrogen) atoms. The van der Waals surface area contributed by atoms with Gasteiger partial charge in [-0.3, -0.25) is 9.78 Å². The zero-order valence-corrected chi connectivity index (χ0v) is 12.5. The molecule has 0 aliphatic carbocycles. The Hall–Kier alpha value is -1.66. The van der Waals surface area contributed by atoms with Gasteiger partial charge in [-0.25, -0.2) is 0 Å². The first kappa shape index (κ1) is 14.7. The van der Waals surface area contributed by atoms with Gasteiger partial charge < -0.3 is 15.8 Å². The smallest absolute Gasteiger partial charge is 0.263 e. The van der Waals surface area contributed by atoms with Crippen LogP contribution in [0.5, 0.6) is 0 Å². The number of carbonyl (C=O) groups is 1. The molecule has 5 nitrogen and oxygen atoms in total. The molecule has 2 aromatic rings. The van der Waals surface area contributed by atoms with Crippen molar-refractivity contribution in [2.45, 2.75) is 25.8 Å². The third-order valence-electron chi connectivity index (χ3n) is 3.08. The summed E-state index contributed by atoms with van der Waals surface area (Å²) in [5, 5.41) is 3.87. The number of carbonyl (C=O) groups excluding carboxylic acids is 1. The molecule has 0 aliphatic heterocycles. The summed E-state index contributed by atoms with van der Waals surface area (Å²) in [6.07, 6.45) is 5.27. The highest BCUT2D eigenvalue weighted by atomic mass is 32.1. The maximum atomic E-state index is 12.3. The highest BCUT2D eigenvalue weighted by Gasteiger charge is 2.19. The van der Waals surface area contributed by atoms with Crippen LogP contribution < -0.4 is 11.1 Å².